The number of furan rings is 1. The Morgan fingerprint density at radius 3 is 3.17 bits per heavy atom. The number of hydrogen-bond acceptors (Lipinski definition) is 4. The Hall–Kier alpha value is -1.78. The second-order valence-corrected chi connectivity index (χ2v) is 2.24. The first kappa shape index (κ1) is 6.90. The molecule has 5 nitrogen and oxygen atoms in total. The van der Waals surface area contributed by atoms with Gasteiger partial charge in [-0.3, -0.25) is 4.79 Å². The van der Waals surface area contributed by atoms with E-state index < -0.39 is 0 Å². The van der Waals surface area contributed by atoms with Crippen LogP contribution in [0.15, 0.2) is 28.0 Å². The van der Waals surface area contributed by atoms with Gasteiger partial charge in [-0.2, -0.15) is 0 Å². The lowest BCUT2D eigenvalue weighted by Crippen LogP contribution is -2.37. The van der Waals surface area contributed by atoms with Gasteiger partial charge >= 0.3 is 0 Å². The van der Waals surface area contributed by atoms with E-state index in [1.165, 1.54) is 6.26 Å². The third-order valence-corrected chi connectivity index (χ3v) is 1.36. The molecule has 62 valence electrons. The molecule has 0 fully saturated rings. The molecule has 2 heterocycles. The molecule has 0 bridgehead atoms. The van der Waals surface area contributed by atoms with E-state index in [0.29, 0.717) is 11.6 Å². The lowest BCUT2D eigenvalue weighted by molar-refractivity contribution is -0.125. The minimum atomic E-state index is -0.226. The van der Waals surface area contributed by atoms with Crippen molar-refractivity contribution < 1.29 is 14.0 Å². The summed E-state index contributed by atoms with van der Waals surface area (Å²) in [5, 5.41) is 6.12. The highest BCUT2D eigenvalue weighted by molar-refractivity contribution is 6.07. The van der Waals surface area contributed by atoms with E-state index >= 15 is 0 Å². The highest BCUT2D eigenvalue weighted by atomic mass is 16.6. The molecule has 0 spiro atoms. The zero-order chi connectivity index (χ0) is 8.39. The summed E-state index contributed by atoms with van der Waals surface area (Å²) in [7, 11) is 0. The van der Waals surface area contributed by atoms with Crippen molar-refractivity contribution in [1.82, 2.24) is 5.32 Å². The van der Waals surface area contributed by atoms with Crippen LogP contribution in [0.25, 0.3) is 0 Å². The second kappa shape index (κ2) is 2.69. The van der Waals surface area contributed by atoms with Crippen molar-refractivity contribution >= 4 is 11.7 Å². The summed E-state index contributed by atoms with van der Waals surface area (Å²) in [6.45, 7) is -0.0375. The van der Waals surface area contributed by atoms with E-state index in [0.717, 1.165) is 0 Å². The molecular formula is C7H6N2O3. The van der Waals surface area contributed by atoms with E-state index in [-0.39, 0.29) is 12.5 Å². The quantitative estimate of drug-likeness (QED) is 0.642. The van der Waals surface area contributed by atoms with Crippen LogP contribution in [0.4, 0.5) is 0 Å². The van der Waals surface area contributed by atoms with Gasteiger partial charge < -0.3 is 14.6 Å². The number of oxime groups is 1. The van der Waals surface area contributed by atoms with Gasteiger partial charge in [0.05, 0.1) is 6.26 Å². The van der Waals surface area contributed by atoms with Crippen LogP contribution in [-0.4, -0.2) is 18.3 Å². The molecule has 0 atom stereocenters. The van der Waals surface area contributed by atoms with Crippen molar-refractivity contribution in [1.29, 1.82) is 0 Å². The Kier molecular flexibility index (Phi) is 1.55. The molecule has 1 aromatic rings. The van der Waals surface area contributed by atoms with Crippen LogP contribution in [0.5, 0.6) is 0 Å². The van der Waals surface area contributed by atoms with Crippen molar-refractivity contribution in [2.75, 3.05) is 6.61 Å². The molecule has 1 aromatic heterocycles. The van der Waals surface area contributed by atoms with Crippen molar-refractivity contribution in [3.63, 3.8) is 0 Å². The first-order valence-electron chi connectivity index (χ1n) is 3.40. The minimum absolute atomic E-state index is 0.0375. The maximum atomic E-state index is 10.8. The van der Waals surface area contributed by atoms with Crippen LogP contribution in [0.1, 0.15) is 5.76 Å². The summed E-state index contributed by atoms with van der Waals surface area (Å²) in [4.78, 5) is 15.4. The van der Waals surface area contributed by atoms with Crippen molar-refractivity contribution in [3.8, 4) is 0 Å². The summed E-state index contributed by atoms with van der Waals surface area (Å²) in [6.07, 6.45) is 1.50. The number of rotatable bonds is 1. The second-order valence-electron chi connectivity index (χ2n) is 2.24. The van der Waals surface area contributed by atoms with Crippen LogP contribution < -0.4 is 5.32 Å². The summed E-state index contributed by atoms with van der Waals surface area (Å²) < 4.78 is 5.00. The lowest BCUT2D eigenvalue weighted by atomic mass is 10.4. The zero-order valence-corrected chi connectivity index (χ0v) is 6.11. The fourth-order valence-electron chi connectivity index (χ4n) is 0.866. The highest BCUT2D eigenvalue weighted by Gasteiger charge is 2.16. The monoisotopic (exact) mass is 166 g/mol. The molecule has 0 aromatic carbocycles. The molecule has 0 unspecified atom stereocenters. The number of carbonyl (C=O) groups excluding carboxylic acids is 1. The SMILES string of the molecule is O=C1CON=C(c2ccco2)N1. The molecule has 2 rings (SSSR count). The lowest BCUT2D eigenvalue weighted by Gasteiger charge is -2.10. The molecular weight excluding hydrogens is 160 g/mol. The van der Waals surface area contributed by atoms with Gasteiger partial charge in [0.25, 0.3) is 5.91 Å². The predicted molar refractivity (Wildman–Crippen MR) is 39.3 cm³/mol. The Morgan fingerprint density at radius 1 is 1.58 bits per heavy atom. The first-order valence-corrected chi connectivity index (χ1v) is 3.40. The number of nitrogens with one attached hydrogen (secondary N) is 1. The average molecular weight is 166 g/mol. The van der Waals surface area contributed by atoms with Crippen LogP contribution >= 0.6 is 0 Å². The molecule has 0 aliphatic carbocycles. The number of nitrogens with zero attached hydrogens (tertiary/aromatic N) is 1. The van der Waals surface area contributed by atoms with Crippen LogP contribution in [0.3, 0.4) is 0 Å². The number of amides is 1. The number of amidine groups is 1. The molecule has 1 aliphatic heterocycles. The van der Waals surface area contributed by atoms with E-state index in [9.17, 15) is 4.79 Å². The highest BCUT2D eigenvalue weighted by Crippen LogP contribution is 2.03. The average Bonchev–Trinajstić information content (AvgIpc) is 2.56. The van der Waals surface area contributed by atoms with Crippen molar-refractivity contribution in [3.05, 3.63) is 24.2 Å². The van der Waals surface area contributed by atoms with Gasteiger partial charge in [0.15, 0.2) is 12.4 Å². The number of carbonyl (C=O) groups is 1. The molecule has 0 saturated carbocycles. The van der Waals surface area contributed by atoms with Gasteiger partial charge in [-0.25, -0.2) is 0 Å². The van der Waals surface area contributed by atoms with Crippen molar-refractivity contribution in [2.24, 2.45) is 5.16 Å². The summed E-state index contributed by atoms with van der Waals surface area (Å²) in [5.41, 5.74) is 0. The molecule has 0 radical (unpaired) electrons. The van der Waals surface area contributed by atoms with Gasteiger partial charge in [-0.05, 0) is 12.1 Å². The van der Waals surface area contributed by atoms with Gasteiger partial charge in [-0.1, -0.05) is 5.16 Å². The molecule has 1 N–H and O–H groups in total. The van der Waals surface area contributed by atoms with E-state index in [1.807, 2.05) is 0 Å². The van der Waals surface area contributed by atoms with Crippen LogP contribution in [-0.2, 0) is 9.63 Å². The van der Waals surface area contributed by atoms with Gasteiger partial charge in [-0.15, -0.1) is 0 Å². The van der Waals surface area contributed by atoms with Crippen LogP contribution in [0, 0.1) is 0 Å². The molecule has 1 aliphatic rings. The van der Waals surface area contributed by atoms with Gasteiger partial charge in [0, 0.05) is 0 Å². The number of hydrogen-bond donors (Lipinski definition) is 1. The molecule has 5 heteroatoms. The van der Waals surface area contributed by atoms with Crippen LogP contribution in [0.2, 0.25) is 0 Å². The van der Waals surface area contributed by atoms with Gasteiger partial charge in [0.1, 0.15) is 0 Å². The molecule has 12 heavy (non-hydrogen) atoms. The summed E-state index contributed by atoms with van der Waals surface area (Å²) >= 11 is 0. The Morgan fingerprint density at radius 2 is 2.50 bits per heavy atom. The minimum Gasteiger partial charge on any atom is -0.461 e. The topological polar surface area (TPSA) is 63.8 Å². The maximum Gasteiger partial charge on any atom is 0.266 e. The Labute approximate surface area is 68.0 Å². The first-order chi connectivity index (χ1) is 5.86. The van der Waals surface area contributed by atoms with E-state index in [2.05, 4.69) is 15.3 Å². The normalized spacial score (nSPS) is 16.3. The largest absolute Gasteiger partial charge is 0.461 e. The molecule has 0 saturated heterocycles. The van der Waals surface area contributed by atoms with Gasteiger partial charge in [0.2, 0.25) is 5.84 Å². The standard InChI is InChI=1S/C7H6N2O3/c10-6-4-12-9-7(8-6)5-2-1-3-11-5/h1-3H,4H2,(H,8,9,10). The fraction of sp³-hybridized carbons (Fsp3) is 0.143. The summed E-state index contributed by atoms with van der Waals surface area (Å²) in [6, 6.07) is 3.40. The Bertz CT molecular complexity index is 315. The molecule has 1 amide bonds. The van der Waals surface area contributed by atoms with E-state index in [1.54, 1.807) is 12.1 Å². The van der Waals surface area contributed by atoms with E-state index in [4.69, 9.17) is 4.42 Å². The summed E-state index contributed by atoms with van der Waals surface area (Å²) in [5.74, 6) is 0.579. The maximum absolute atomic E-state index is 10.8. The predicted octanol–water partition coefficient (Wildman–Crippen LogP) is 0.0876. The fourth-order valence-corrected chi connectivity index (χ4v) is 0.866. The van der Waals surface area contributed by atoms with Crippen molar-refractivity contribution in [2.45, 2.75) is 0 Å². The smallest absolute Gasteiger partial charge is 0.266 e. The third kappa shape index (κ3) is 1.16. The Balaban J connectivity index is 2.24. The third-order valence-electron chi connectivity index (χ3n) is 1.36. The zero-order valence-electron chi connectivity index (χ0n) is 6.11.